The molecule has 6 heteroatoms. The topological polar surface area (TPSA) is 44.8 Å². The summed E-state index contributed by atoms with van der Waals surface area (Å²) in [6.07, 6.45) is 1.01. The van der Waals surface area contributed by atoms with Crippen LogP contribution in [0.5, 0.6) is 0 Å². The van der Waals surface area contributed by atoms with Crippen LogP contribution < -0.4 is 5.32 Å². The minimum Gasteiger partial charge on any atom is -0.383 e. The van der Waals surface area contributed by atoms with E-state index in [1.165, 1.54) is 5.56 Å². The van der Waals surface area contributed by atoms with E-state index in [2.05, 4.69) is 22.3 Å². The molecule has 1 N–H and O–H groups in total. The van der Waals surface area contributed by atoms with Crippen molar-refractivity contribution in [3.63, 3.8) is 0 Å². The van der Waals surface area contributed by atoms with E-state index in [4.69, 9.17) is 16.3 Å². The lowest BCUT2D eigenvalue weighted by Crippen LogP contribution is -2.52. The number of methoxy groups -OCH3 is 1. The summed E-state index contributed by atoms with van der Waals surface area (Å²) >= 11 is 5.89. The van der Waals surface area contributed by atoms with Crippen molar-refractivity contribution in [3.05, 3.63) is 34.9 Å². The average Bonchev–Trinajstić information content (AvgIpc) is 2.55. The summed E-state index contributed by atoms with van der Waals surface area (Å²) in [5.74, 6) is 0. The van der Waals surface area contributed by atoms with Crippen molar-refractivity contribution in [2.24, 2.45) is 0 Å². The van der Waals surface area contributed by atoms with Crippen molar-refractivity contribution in [1.82, 2.24) is 15.1 Å². The Morgan fingerprint density at radius 1 is 1.23 bits per heavy atom. The van der Waals surface area contributed by atoms with Crippen molar-refractivity contribution in [2.75, 3.05) is 53.0 Å². The fraction of sp³-hybridized carbons (Fsp3) is 0.562. The fourth-order valence-electron chi connectivity index (χ4n) is 2.48. The summed E-state index contributed by atoms with van der Waals surface area (Å²) in [6, 6.07) is 8.01. The van der Waals surface area contributed by atoms with E-state index in [-0.39, 0.29) is 6.03 Å². The quantitative estimate of drug-likeness (QED) is 0.812. The SMILES string of the molecule is COCCNC(=O)N1CCN(CCc2ccc(Cl)cc2)CC1. The van der Waals surface area contributed by atoms with Crippen molar-refractivity contribution in [1.29, 1.82) is 0 Å². The third-order valence-electron chi connectivity index (χ3n) is 3.87. The zero-order valence-electron chi connectivity index (χ0n) is 13.1. The van der Waals surface area contributed by atoms with Crippen molar-refractivity contribution in [3.8, 4) is 0 Å². The highest BCUT2D eigenvalue weighted by Gasteiger charge is 2.20. The van der Waals surface area contributed by atoms with Crippen LogP contribution in [0.4, 0.5) is 4.79 Å². The molecule has 0 aromatic heterocycles. The smallest absolute Gasteiger partial charge is 0.317 e. The minimum atomic E-state index is 0.00870. The first-order valence-corrected chi connectivity index (χ1v) is 8.05. The molecule has 1 saturated heterocycles. The van der Waals surface area contributed by atoms with E-state index in [1.807, 2.05) is 17.0 Å². The Balaban J connectivity index is 1.66. The second-order valence-electron chi connectivity index (χ2n) is 5.43. The van der Waals surface area contributed by atoms with E-state index >= 15 is 0 Å². The maximum atomic E-state index is 11.9. The number of hydrogen-bond acceptors (Lipinski definition) is 3. The predicted octanol–water partition coefficient (Wildman–Crippen LogP) is 1.86. The molecule has 5 nitrogen and oxygen atoms in total. The molecule has 1 fully saturated rings. The largest absolute Gasteiger partial charge is 0.383 e. The van der Waals surface area contributed by atoms with Gasteiger partial charge in [0.2, 0.25) is 0 Å². The Morgan fingerprint density at radius 2 is 1.91 bits per heavy atom. The number of halogens is 1. The standard InChI is InChI=1S/C16H24ClN3O2/c1-22-13-7-18-16(21)20-11-9-19(10-12-20)8-6-14-2-4-15(17)5-3-14/h2-5H,6-13H2,1H3,(H,18,21). The molecule has 0 spiro atoms. The van der Waals surface area contributed by atoms with Gasteiger partial charge in [-0.2, -0.15) is 0 Å². The summed E-state index contributed by atoms with van der Waals surface area (Å²) in [6.45, 7) is 5.52. The number of nitrogens with zero attached hydrogens (tertiary/aromatic N) is 2. The van der Waals surface area contributed by atoms with Crippen molar-refractivity contribution >= 4 is 17.6 Å². The van der Waals surface area contributed by atoms with Gasteiger partial charge in [0.1, 0.15) is 0 Å². The molecule has 22 heavy (non-hydrogen) atoms. The molecule has 1 aromatic carbocycles. The molecule has 0 radical (unpaired) electrons. The van der Waals surface area contributed by atoms with Crippen molar-refractivity contribution < 1.29 is 9.53 Å². The van der Waals surface area contributed by atoms with Gasteiger partial charge in [0.05, 0.1) is 6.61 Å². The molecule has 1 aliphatic heterocycles. The Labute approximate surface area is 137 Å². The second-order valence-corrected chi connectivity index (χ2v) is 5.87. The first kappa shape index (κ1) is 17.1. The number of piperazine rings is 1. The molecule has 0 bridgehead atoms. The van der Waals surface area contributed by atoms with Crippen LogP contribution in [-0.2, 0) is 11.2 Å². The number of ether oxygens (including phenoxy) is 1. The molecule has 0 aliphatic carbocycles. The summed E-state index contributed by atoms with van der Waals surface area (Å²) in [7, 11) is 1.63. The first-order chi connectivity index (χ1) is 10.7. The minimum absolute atomic E-state index is 0.00870. The maximum Gasteiger partial charge on any atom is 0.317 e. The first-order valence-electron chi connectivity index (χ1n) is 7.67. The van der Waals surface area contributed by atoms with E-state index in [0.29, 0.717) is 13.2 Å². The Kier molecular flexibility index (Phi) is 6.96. The number of amides is 2. The van der Waals surface area contributed by atoms with Crippen LogP contribution >= 0.6 is 11.6 Å². The number of carbonyl (C=O) groups is 1. The molecule has 1 heterocycles. The summed E-state index contributed by atoms with van der Waals surface area (Å²) in [5, 5.41) is 3.64. The number of hydrogen-bond donors (Lipinski definition) is 1. The van der Waals surface area contributed by atoms with Crippen LogP contribution in [0, 0.1) is 0 Å². The molecular formula is C16H24ClN3O2. The van der Waals surface area contributed by atoms with Gasteiger partial charge in [0.25, 0.3) is 0 Å². The number of benzene rings is 1. The second kappa shape index (κ2) is 8.98. The highest BCUT2D eigenvalue weighted by Crippen LogP contribution is 2.11. The third kappa shape index (κ3) is 5.48. The molecule has 0 saturated carbocycles. The Hall–Kier alpha value is -1.30. The lowest BCUT2D eigenvalue weighted by atomic mass is 10.1. The third-order valence-corrected chi connectivity index (χ3v) is 4.12. The molecular weight excluding hydrogens is 302 g/mol. The van der Waals surface area contributed by atoms with Gasteiger partial charge in [0.15, 0.2) is 0 Å². The van der Waals surface area contributed by atoms with Crippen LogP contribution in [0.15, 0.2) is 24.3 Å². The van der Waals surface area contributed by atoms with Gasteiger partial charge < -0.3 is 15.0 Å². The highest BCUT2D eigenvalue weighted by atomic mass is 35.5. The molecule has 122 valence electrons. The van der Waals surface area contributed by atoms with Gasteiger partial charge in [-0.25, -0.2) is 4.79 Å². The molecule has 2 amide bonds. The van der Waals surface area contributed by atoms with Gasteiger partial charge in [0, 0.05) is 51.4 Å². The summed E-state index contributed by atoms with van der Waals surface area (Å²) < 4.78 is 4.93. The van der Waals surface area contributed by atoms with Gasteiger partial charge in [-0.15, -0.1) is 0 Å². The van der Waals surface area contributed by atoms with Gasteiger partial charge >= 0.3 is 6.03 Å². The zero-order chi connectivity index (χ0) is 15.8. The highest BCUT2D eigenvalue weighted by molar-refractivity contribution is 6.30. The maximum absolute atomic E-state index is 11.9. The Bertz CT molecular complexity index is 459. The van der Waals surface area contributed by atoms with Gasteiger partial charge in [-0.05, 0) is 24.1 Å². The molecule has 1 aromatic rings. The molecule has 0 unspecified atom stereocenters. The van der Waals surface area contributed by atoms with E-state index in [9.17, 15) is 4.79 Å². The van der Waals surface area contributed by atoms with E-state index in [1.54, 1.807) is 7.11 Å². The number of carbonyl (C=O) groups excluding carboxylic acids is 1. The fourth-order valence-corrected chi connectivity index (χ4v) is 2.61. The predicted molar refractivity (Wildman–Crippen MR) is 88.4 cm³/mol. The lowest BCUT2D eigenvalue weighted by Gasteiger charge is -2.34. The van der Waals surface area contributed by atoms with Gasteiger partial charge in [-0.1, -0.05) is 23.7 Å². The monoisotopic (exact) mass is 325 g/mol. The summed E-state index contributed by atoms with van der Waals surface area (Å²) in [5.41, 5.74) is 1.30. The summed E-state index contributed by atoms with van der Waals surface area (Å²) in [4.78, 5) is 16.2. The van der Waals surface area contributed by atoms with Crippen molar-refractivity contribution in [2.45, 2.75) is 6.42 Å². The van der Waals surface area contributed by atoms with Crippen LogP contribution in [0.3, 0.4) is 0 Å². The van der Waals surface area contributed by atoms with Crippen LogP contribution in [0.2, 0.25) is 5.02 Å². The zero-order valence-corrected chi connectivity index (χ0v) is 13.8. The van der Waals surface area contributed by atoms with E-state index < -0.39 is 0 Å². The van der Waals surface area contributed by atoms with Crippen LogP contribution in [-0.4, -0.2) is 68.8 Å². The molecule has 1 aliphatic rings. The van der Waals surface area contributed by atoms with Crippen LogP contribution in [0.1, 0.15) is 5.56 Å². The number of nitrogens with one attached hydrogen (secondary N) is 1. The lowest BCUT2D eigenvalue weighted by molar-refractivity contribution is 0.136. The number of urea groups is 1. The van der Waals surface area contributed by atoms with Crippen LogP contribution in [0.25, 0.3) is 0 Å². The molecule has 0 atom stereocenters. The normalized spacial score (nSPS) is 15.8. The Morgan fingerprint density at radius 3 is 2.55 bits per heavy atom. The van der Waals surface area contributed by atoms with Gasteiger partial charge in [-0.3, -0.25) is 4.90 Å². The number of rotatable bonds is 6. The van der Waals surface area contributed by atoms with E-state index in [0.717, 1.165) is 44.2 Å². The average molecular weight is 326 g/mol. The molecule has 2 rings (SSSR count).